The number of fused-ring (bicyclic) bond motifs is 2. The van der Waals surface area contributed by atoms with E-state index in [-0.39, 0.29) is 11.6 Å². The van der Waals surface area contributed by atoms with E-state index >= 15 is 0 Å². The van der Waals surface area contributed by atoms with Crippen molar-refractivity contribution in [2.75, 3.05) is 5.32 Å². The average molecular weight is 281 g/mol. The van der Waals surface area contributed by atoms with Crippen molar-refractivity contribution in [2.45, 2.75) is 25.2 Å². The molecule has 1 amide bonds. The van der Waals surface area contributed by atoms with Crippen LogP contribution in [-0.2, 0) is 15.0 Å². The molecule has 106 valence electrons. The Morgan fingerprint density at radius 1 is 1.43 bits per heavy atom. The number of anilines is 1. The van der Waals surface area contributed by atoms with Gasteiger partial charge in [-0.3, -0.25) is 15.0 Å². The Morgan fingerprint density at radius 3 is 2.90 bits per heavy atom. The highest BCUT2D eigenvalue weighted by molar-refractivity contribution is 6.32. The highest BCUT2D eigenvalue weighted by Crippen LogP contribution is 2.52. The van der Waals surface area contributed by atoms with E-state index in [0.717, 1.165) is 16.7 Å². The summed E-state index contributed by atoms with van der Waals surface area (Å²) in [5, 5.41) is 10.4. The van der Waals surface area contributed by atoms with Gasteiger partial charge < -0.3 is 5.32 Å². The maximum absolute atomic E-state index is 12.5. The summed E-state index contributed by atoms with van der Waals surface area (Å²) in [6, 6.07) is 3.74. The van der Waals surface area contributed by atoms with Gasteiger partial charge in [-0.25, -0.2) is 4.98 Å². The molecule has 21 heavy (non-hydrogen) atoms. The third-order valence-electron chi connectivity index (χ3n) is 4.19. The van der Waals surface area contributed by atoms with E-state index in [1.54, 1.807) is 12.3 Å². The first kappa shape index (κ1) is 13.4. The van der Waals surface area contributed by atoms with Crippen molar-refractivity contribution in [3.8, 4) is 0 Å². The quantitative estimate of drug-likeness (QED) is 0.643. The van der Waals surface area contributed by atoms with Crippen molar-refractivity contribution in [3.63, 3.8) is 0 Å². The van der Waals surface area contributed by atoms with Crippen LogP contribution in [0.5, 0.6) is 0 Å². The Kier molecular flexibility index (Phi) is 3.05. The van der Waals surface area contributed by atoms with E-state index in [0.29, 0.717) is 24.9 Å². The fourth-order valence-electron chi connectivity index (χ4n) is 3.18. The van der Waals surface area contributed by atoms with Gasteiger partial charge in [0, 0.05) is 11.8 Å². The summed E-state index contributed by atoms with van der Waals surface area (Å²) >= 11 is 0. The van der Waals surface area contributed by atoms with Gasteiger partial charge in [0.05, 0.1) is 11.1 Å². The molecule has 2 N–H and O–H groups in total. The van der Waals surface area contributed by atoms with Crippen LogP contribution < -0.4 is 5.32 Å². The lowest BCUT2D eigenvalue weighted by atomic mass is 9.80. The third-order valence-corrected chi connectivity index (χ3v) is 4.19. The molecule has 1 aliphatic carbocycles. The summed E-state index contributed by atoms with van der Waals surface area (Å²) < 4.78 is 0. The van der Waals surface area contributed by atoms with Gasteiger partial charge in [0.1, 0.15) is 5.82 Å². The first-order valence-corrected chi connectivity index (χ1v) is 6.77. The molecule has 0 aromatic carbocycles. The summed E-state index contributed by atoms with van der Waals surface area (Å²) in [5.74, 6) is 0.557. The maximum Gasteiger partial charge on any atom is 0.237 e. The third kappa shape index (κ3) is 1.93. The monoisotopic (exact) mass is 281 g/mol. The standard InChI is InChI=1S/C16H15N3O2/c1-2-10-7-16(8-11(10)6-12(17)9-20)13-4-3-5-18-14(13)19-15(16)21/h2-6,9,17H,7-8H2,1H3,(H,18,19,21)/b10-2-,11-6-,17-12?. The summed E-state index contributed by atoms with van der Waals surface area (Å²) in [7, 11) is 0. The molecule has 0 bridgehead atoms. The number of hydrogen-bond acceptors (Lipinski definition) is 4. The summed E-state index contributed by atoms with van der Waals surface area (Å²) in [6.07, 6.45) is 6.73. The fraction of sp³-hybridized carbons (Fsp3) is 0.250. The van der Waals surface area contributed by atoms with Crippen LogP contribution in [0.15, 0.2) is 41.6 Å². The molecule has 3 rings (SSSR count). The van der Waals surface area contributed by atoms with Gasteiger partial charge in [0.15, 0.2) is 6.29 Å². The zero-order valence-electron chi connectivity index (χ0n) is 11.6. The molecule has 5 nitrogen and oxygen atoms in total. The van der Waals surface area contributed by atoms with Crippen molar-refractivity contribution in [1.29, 1.82) is 5.41 Å². The Balaban J connectivity index is 2.09. The van der Waals surface area contributed by atoms with Crippen molar-refractivity contribution in [3.05, 3.63) is 47.2 Å². The molecule has 2 heterocycles. The summed E-state index contributed by atoms with van der Waals surface area (Å²) in [4.78, 5) is 27.4. The SMILES string of the molecule is C/C=C1/CC2(C/C1=C/C(=N)C=O)C(=O)Nc1ncccc12. The molecule has 0 saturated heterocycles. The highest BCUT2D eigenvalue weighted by Gasteiger charge is 2.52. The molecule has 0 radical (unpaired) electrons. The van der Waals surface area contributed by atoms with Gasteiger partial charge in [0.2, 0.25) is 5.91 Å². The summed E-state index contributed by atoms with van der Waals surface area (Å²) in [5.41, 5.74) is 2.05. The lowest BCUT2D eigenvalue weighted by Gasteiger charge is -2.19. The van der Waals surface area contributed by atoms with Crippen molar-refractivity contribution in [2.24, 2.45) is 0 Å². The Morgan fingerprint density at radius 2 is 2.19 bits per heavy atom. The Hall–Kier alpha value is -2.56. The molecule has 1 aromatic rings. The van der Waals surface area contributed by atoms with Crippen LogP contribution in [0.4, 0.5) is 5.82 Å². The van der Waals surface area contributed by atoms with Crippen LogP contribution in [0, 0.1) is 5.41 Å². The van der Waals surface area contributed by atoms with E-state index in [4.69, 9.17) is 5.41 Å². The second kappa shape index (κ2) is 4.77. The first-order valence-electron chi connectivity index (χ1n) is 6.77. The summed E-state index contributed by atoms with van der Waals surface area (Å²) in [6.45, 7) is 1.91. The molecule has 1 fully saturated rings. The second-order valence-corrected chi connectivity index (χ2v) is 5.35. The fourth-order valence-corrected chi connectivity index (χ4v) is 3.18. The maximum atomic E-state index is 12.5. The number of hydrogen-bond donors (Lipinski definition) is 2. The number of aldehydes is 1. The van der Waals surface area contributed by atoms with E-state index in [1.807, 2.05) is 25.1 Å². The molecule has 5 heteroatoms. The molecule has 1 aliphatic heterocycles. The molecule has 1 aromatic heterocycles. The van der Waals surface area contributed by atoms with Crippen LogP contribution in [0.25, 0.3) is 0 Å². The number of aromatic nitrogens is 1. The van der Waals surface area contributed by atoms with Crippen LogP contribution in [0.2, 0.25) is 0 Å². The Bertz CT molecular complexity index is 718. The first-order chi connectivity index (χ1) is 10.1. The number of nitrogens with zero attached hydrogens (tertiary/aromatic N) is 1. The van der Waals surface area contributed by atoms with Crippen LogP contribution in [-0.4, -0.2) is 22.9 Å². The lowest BCUT2D eigenvalue weighted by Crippen LogP contribution is -2.31. The second-order valence-electron chi connectivity index (χ2n) is 5.35. The Labute approximate surface area is 122 Å². The van der Waals surface area contributed by atoms with Gasteiger partial charge in [-0.15, -0.1) is 0 Å². The minimum Gasteiger partial charge on any atom is -0.310 e. The molecule has 2 aliphatic rings. The number of carbonyl (C=O) groups excluding carboxylic acids is 2. The largest absolute Gasteiger partial charge is 0.310 e. The number of allylic oxidation sites excluding steroid dienone is 4. The van der Waals surface area contributed by atoms with E-state index in [9.17, 15) is 9.59 Å². The predicted octanol–water partition coefficient (Wildman–Crippen LogP) is 2.16. The van der Waals surface area contributed by atoms with Gasteiger partial charge in [-0.2, -0.15) is 0 Å². The van der Waals surface area contributed by atoms with E-state index < -0.39 is 5.41 Å². The number of pyridine rings is 1. The van der Waals surface area contributed by atoms with Crippen molar-refractivity contribution in [1.82, 2.24) is 4.98 Å². The zero-order chi connectivity index (χ0) is 15.0. The number of nitrogens with one attached hydrogen (secondary N) is 2. The number of rotatable bonds is 2. The van der Waals surface area contributed by atoms with Gasteiger partial charge in [-0.05, 0) is 43.1 Å². The molecule has 1 spiro atoms. The minimum atomic E-state index is -0.652. The molecular weight excluding hydrogens is 266 g/mol. The van der Waals surface area contributed by atoms with Gasteiger partial charge in [-0.1, -0.05) is 12.1 Å². The molecular formula is C16H15N3O2. The lowest BCUT2D eigenvalue weighted by molar-refractivity contribution is -0.120. The van der Waals surface area contributed by atoms with Crippen LogP contribution >= 0.6 is 0 Å². The number of carbonyl (C=O) groups is 2. The normalized spacial score (nSPS) is 27.2. The minimum absolute atomic E-state index is 0.0587. The zero-order valence-corrected chi connectivity index (χ0v) is 11.6. The van der Waals surface area contributed by atoms with E-state index in [1.165, 1.54) is 0 Å². The van der Waals surface area contributed by atoms with E-state index in [2.05, 4.69) is 10.3 Å². The average Bonchev–Trinajstić information content (AvgIpc) is 2.99. The number of amides is 1. The van der Waals surface area contributed by atoms with Crippen molar-refractivity contribution < 1.29 is 9.59 Å². The van der Waals surface area contributed by atoms with Gasteiger partial charge >= 0.3 is 0 Å². The highest BCUT2D eigenvalue weighted by atomic mass is 16.2. The van der Waals surface area contributed by atoms with Crippen LogP contribution in [0.1, 0.15) is 25.3 Å². The smallest absolute Gasteiger partial charge is 0.237 e. The predicted molar refractivity (Wildman–Crippen MR) is 79.4 cm³/mol. The van der Waals surface area contributed by atoms with Crippen LogP contribution in [0.3, 0.4) is 0 Å². The molecule has 1 atom stereocenters. The van der Waals surface area contributed by atoms with Crippen molar-refractivity contribution >= 4 is 23.7 Å². The van der Waals surface area contributed by atoms with Gasteiger partial charge in [0.25, 0.3) is 0 Å². The topological polar surface area (TPSA) is 82.9 Å². The molecule has 1 unspecified atom stereocenters. The molecule has 1 saturated carbocycles.